The lowest BCUT2D eigenvalue weighted by Crippen LogP contribution is -2.35. The highest BCUT2D eigenvalue weighted by atomic mass is 16.5. The fourth-order valence-corrected chi connectivity index (χ4v) is 2.27. The second-order valence-electron chi connectivity index (χ2n) is 5.24. The first-order valence-corrected chi connectivity index (χ1v) is 7.47. The molecule has 4 nitrogen and oxygen atoms in total. The number of rotatable bonds is 6. The van der Waals surface area contributed by atoms with Gasteiger partial charge in [0.2, 0.25) is 5.91 Å². The highest BCUT2D eigenvalue weighted by molar-refractivity contribution is 5.90. The third-order valence-corrected chi connectivity index (χ3v) is 3.50. The van der Waals surface area contributed by atoms with Crippen LogP contribution in [-0.4, -0.2) is 37.1 Å². The minimum atomic E-state index is 0.104. The molecule has 0 radical (unpaired) electrons. The van der Waals surface area contributed by atoms with E-state index in [1.165, 1.54) is 5.56 Å². The fourth-order valence-electron chi connectivity index (χ4n) is 2.27. The van der Waals surface area contributed by atoms with E-state index in [1.807, 2.05) is 12.1 Å². The molecule has 1 aliphatic rings. The summed E-state index contributed by atoms with van der Waals surface area (Å²) >= 11 is 0. The quantitative estimate of drug-likeness (QED) is 0.868. The summed E-state index contributed by atoms with van der Waals surface area (Å²) in [7, 11) is 0. The minimum absolute atomic E-state index is 0.104. The number of hydrogen-bond acceptors (Lipinski definition) is 3. The Kier molecular flexibility index (Phi) is 6.02. The Morgan fingerprint density at radius 1 is 1.25 bits per heavy atom. The lowest BCUT2D eigenvalue weighted by Gasteiger charge is -2.26. The number of morpholine rings is 1. The molecule has 1 aromatic carbocycles. The average molecular weight is 276 g/mol. The Hall–Kier alpha value is -1.39. The van der Waals surface area contributed by atoms with Gasteiger partial charge in [0.1, 0.15) is 0 Å². The van der Waals surface area contributed by atoms with E-state index in [-0.39, 0.29) is 5.91 Å². The van der Waals surface area contributed by atoms with Crippen LogP contribution in [0.15, 0.2) is 24.3 Å². The third-order valence-electron chi connectivity index (χ3n) is 3.50. The minimum Gasteiger partial charge on any atom is -0.379 e. The van der Waals surface area contributed by atoms with Crippen molar-refractivity contribution in [3.05, 3.63) is 29.8 Å². The van der Waals surface area contributed by atoms with Crippen LogP contribution in [0, 0.1) is 0 Å². The van der Waals surface area contributed by atoms with E-state index in [2.05, 4.69) is 29.3 Å². The van der Waals surface area contributed by atoms with Crippen LogP contribution in [-0.2, 0) is 16.1 Å². The van der Waals surface area contributed by atoms with Gasteiger partial charge in [-0.05, 0) is 24.1 Å². The maximum Gasteiger partial charge on any atom is 0.224 e. The van der Waals surface area contributed by atoms with Gasteiger partial charge in [0, 0.05) is 31.7 Å². The number of nitrogens with one attached hydrogen (secondary N) is 1. The number of unbranched alkanes of at least 4 members (excludes halogenated alkanes) is 1. The highest BCUT2D eigenvalue weighted by Crippen LogP contribution is 2.13. The first kappa shape index (κ1) is 15.0. The van der Waals surface area contributed by atoms with Gasteiger partial charge < -0.3 is 10.1 Å². The van der Waals surface area contributed by atoms with Gasteiger partial charge >= 0.3 is 0 Å². The molecule has 2 rings (SSSR count). The topological polar surface area (TPSA) is 41.6 Å². The van der Waals surface area contributed by atoms with Gasteiger partial charge in [-0.25, -0.2) is 0 Å². The van der Waals surface area contributed by atoms with Crippen LogP contribution < -0.4 is 5.32 Å². The molecule has 1 aromatic rings. The molecule has 1 heterocycles. The monoisotopic (exact) mass is 276 g/mol. The van der Waals surface area contributed by atoms with Crippen LogP contribution in [0.25, 0.3) is 0 Å². The Morgan fingerprint density at radius 3 is 2.60 bits per heavy atom. The summed E-state index contributed by atoms with van der Waals surface area (Å²) in [6, 6.07) is 8.15. The third kappa shape index (κ3) is 4.94. The summed E-state index contributed by atoms with van der Waals surface area (Å²) in [5.74, 6) is 0.104. The van der Waals surface area contributed by atoms with E-state index in [0.717, 1.165) is 51.4 Å². The molecule has 1 aliphatic heterocycles. The van der Waals surface area contributed by atoms with Gasteiger partial charge in [-0.3, -0.25) is 9.69 Å². The van der Waals surface area contributed by atoms with Crippen molar-refractivity contribution in [2.24, 2.45) is 0 Å². The van der Waals surface area contributed by atoms with Crippen molar-refractivity contribution in [3.8, 4) is 0 Å². The van der Waals surface area contributed by atoms with E-state index in [4.69, 9.17) is 4.74 Å². The number of benzene rings is 1. The molecule has 1 N–H and O–H groups in total. The lowest BCUT2D eigenvalue weighted by atomic mass is 10.2. The summed E-state index contributed by atoms with van der Waals surface area (Å²) in [6.07, 6.45) is 2.60. The molecule has 20 heavy (non-hydrogen) atoms. The van der Waals surface area contributed by atoms with Crippen molar-refractivity contribution in [1.82, 2.24) is 4.90 Å². The predicted molar refractivity (Wildman–Crippen MR) is 80.7 cm³/mol. The van der Waals surface area contributed by atoms with Crippen molar-refractivity contribution in [3.63, 3.8) is 0 Å². The number of hydrogen-bond donors (Lipinski definition) is 1. The lowest BCUT2D eigenvalue weighted by molar-refractivity contribution is -0.116. The molecule has 0 bridgehead atoms. The molecule has 0 aliphatic carbocycles. The molecule has 4 heteroatoms. The summed E-state index contributed by atoms with van der Waals surface area (Å²) in [6.45, 7) is 6.68. The van der Waals surface area contributed by atoms with Crippen molar-refractivity contribution in [1.29, 1.82) is 0 Å². The molecule has 0 unspecified atom stereocenters. The zero-order valence-corrected chi connectivity index (χ0v) is 12.2. The Labute approximate surface area is 121 Å². The van der Waals surface area contributed by atoms with Crippen molar-refractivity contribution in [2.45, 2.75) is 32.7 Å². The van der Waals surface area contributed by atoms with Crippen molar-refractivity contribution >= 4 is 11.6 Å². The van der Waals surface area contributed by atoms with Gasteiger partial charge in [0.15, 0.2) is 0 Å². The van der Waals surface area contributed by atoms with Gasteiger partial charge in [0.05, 0.1) is 13.2 Å². The molecule has 0 atom stereocenters. The van der Waals surface area contributed by atoms with Gasteiger partial charge in [-0.15, -0.1) is 0 Å². The highest BCUT2D eigenvalue weighted by Gasteiger charge is 2.10. The first-order chi connectivity index (χ1) is 9.78. The molecular weight excluding hydrogens is 252 g/mol. The van der Waals surface area contributed by atoms with E-state index in [9.17, 15) is 4.79 Å². The van der Waals surface area contributed by atoms with Crippen molar-refractivity contribution in [2.75, 3.05) is 31.6 Å². The molecule has 1 fully saturated rings. The largest absolute Gasteiger partial charge is 0.379 e. The second kappa shape index (κ2) is 8.02. The molecule has 1 saturated heterocycles. The van der Waals surface area contributed by atoms with Crippen LogP contribution in [0.2, 0.25) is 0 Å². The van der Waals surface area contributed by atoms with Crippen molar-refractivity contribution < 1.29 is 9.53 Å². The summed E-state index contributed by atoms with van der Waals surface area (Å²) in [4.78, 5) is 14.0. The number of nitrogens with zero attached hydrogens (tertiary/aromatic N) is 1. The standard InChI is InChI=1S/C16H24N2O2/c1-2-3-4-16(19)17-15-7-5-14(6-8-15)13-18-9-11-20-12-10-18/h5-8H,2-4,9-13H2,1H3,(H,17,19). The molecule has 110 valence electrons. The number of carbonyl (C=O) groups is 1. The van der Waals surface area contributed by atoms with E-state index in [0.29, 0.717) is 6.42 Å². The molecule has 0 aromatic heterocycles. The zero-order chi connectivity index (χ0) is 14.2. The SMILES string of the molecule is CCCCC(=O)Nc1ccc(CN2CCOCC2)cc1. The Bertz CT molecular complexity index is 411. The Morgan fingerprint density at radius 2 is 1.95 bits per heavy atom. The smallest absolute Gasteiger partial charge is 0.224 e. The second-order valence-corrected chi connectivity index (χ2v) is 5.24. The number of ether oxygens (including phenoxy) is 1. The zero-order valence-electron chi connectivity index (χ0n) is 12.2. The van der Waals surface area contributed by atoms with Crippen LogP contribution in [0.5, 0.6) is 0 Å². The number of carbonyl (C=O) groups excluding carboxylic acids is 1. The van der Waals surface area contributed by atoms with Gasteiger partial charge in [-0.2, -0.15) is 0 Å². The van der Waals surface area contributed by atoms with E-state index >= 15 is 0 Å². The molecule has 0 saturated carbocycles. The first-order valence-electron chi connectivity index (χ1n) is 7.47. The normalized spacial score (nSPS) is 16.1. The summed E-state index contributed by atoms with van der Waals surface area (Å²) in [5.41, 5.74) is 2.16. The van der Waals surface area contributed by atoms with Gasteiger partial charge in [-0.1, -0.05) is 25.5 Å². The van der Waals surface area contributed by atoms with Crippen LogP contribution >= 0.6 is 0 Å². The van der Waals surface area contributed by atoms with Gasteiger partial charge in [0.25, 0.3) is 0 Å². The van der Waals surface area contributed by atoms with Crippen LogP contribution in [0.3, 0.4) is 0 Å². The molecule has 0 spiro atoms. The predicted octanol–water partition coefficient (Wildman–Crippen LogP) is 2.65. The maximum atomic E-state index is 11.6. The average Bonchev–Trinajstić information content (AvgIpc) is 2.48. The molecular formula is C16H24N2O2. The fraction of sp³-hybridized carbons (Fsp3) is 0.562. The Balaban J connectivity index is 1.81. The van der Waals surface area contributed by atoms with E-state index in [1.54, 1.807) is 0 Å². The summed E-state index contributed by atoms with van der Waals surface area (Å²) in [5, 5.41) is 2.94. The van der Waals surface area contributed by atoms with E-state index < -0.39 is 0 Å². The van der Waals surface area contributed by atoms with Crippen LogP contribution in [0.1, 0.15) is 31.7 Å². The molecule has 1 amide bonds. The number of amides is 1. The number of anilines is 1. The summed E-state index contributed by atoms with van der Waals surface area (Å²) < 4.78 is 5.34. The maximum absolute atomic E-state index is 11.6. The van der Waals surface area contributed by atoms with Crippen LogP contribution in [0.4, 0.5) is 5.69 Å².